The first-order chi connectivity index (χ1) is 15.5. The topological polar surface area (TPSA) is 70.4 Å². The van der Waals surface area contributed by atoms with Gasteiger partial charge in [-0.25, -0.2) is 9.48 Å². The third-order valence-electron chi connectivity index (χ3n) is 4.82. The highest BCUT2D eigenvalue weighted by atomic mass is 35.5. The van der Waals surface area contributed by atoms with Gasteiger partial charge in [0.2, 0.25) is 0 Å². The van der Waals surface area contributed by atoms with Gasteiger partial charge >= 0.3 is 5.97 Å². The zero-order valence-electron chi connectivity index (χ0n) is 17.2. The van der Waals surface area contributed by atoms with Crippen LogP contribution in [0, 0.1) is 0 Å². The van der Waals surface area contributed by atoms with Crippen molar-refractivity contribution in [2.75, 3.05) is 13.7 Å². The quantitative estimate of drug-likeness (QED) is 0.287. The Morgan fingerprint density at radius 2 is 1.62 bits per heavy atom. The molecule has 0 saturated heterocycles. The van der Waals surface area contributed by atoms with Crippen molar-refractivity contribution in [3.8, 4) is 22.7 Å². The van der Waals surface area contributed by atoms with Crippen LogP contribution in [0.15, 0.2) is 85.1 Å². The maximum atomic E-state index is 12.9. The average molecular weight is 447 g/mol. The van der Waals surface area contributed by atoms with E-state index in [4.69, 9.17) is 21.1 Å². The minimum Gasteiger partial charge on any atom is -0.497 e. The molecule has 0 bridgehead atoms. The van der Waals surface area contributed by atoms with Crippen molar-refractivity contribution in [3.63, 3.8) is 0 Å². The number of esters is 1. The van der Waals surface area contributed by atoms with E-state index in [1.807, 2.05) is 42.5 Å². The number of hydrogen-bond acceptors (Lipinski definition) is 5. The predicted molar refractivity (Wildman–Crippen MR) is 122 cm³/mol. The van der Waals surface area contributed by atoms with E-state index in [1.165, 1.54) is 0 Å². The van der Waals surface area contributed by atoms with Crippen LogP contribution in [-0.4, -0.2) is 35.2 Å². The zero-order chi connectivity index (χ0) is 22.5. The molecular weight excluding hydrogens is 428 g/mol. The molecule has 6 nitrogen and oxygen atoms in total. The van der Waals surface area contributed by atoms with Crippen molar-refractivity contribution < 1.29 is 19.1 Å². The lowest BCUT2D eigenvalue weighted by Gasteiger charge is -2.06. The highest BCUT2D eigenvalue weighted by molar-refractivity contribution is 6.30. The van der Waals surface area contributed by atoms with Crippen LogP contribution in [0.1, 0.15) is 20.7 Å². The Labute approximate surface area is 190 Å². The Bertz CT molecular complexity index is 1230. The number of Topliss-reactive ketones (excluding diaryl/α,β-unsaturated/α-hetero) is 1. The fourth-order valence-corrected chi connectivity index (χ4v) is 3.25. The van der Waals surface area contributed by atoms with Crippen molar-refractivity contribution in [3.05, 3.63) is 101 Å². The van der Waals surface area contributed by atoms with Gasteiger partial charge in [-0.05, 0) is 60.7 Å². The number of ether oxygens (including phenoxy) is 2. The van der Waals surface area contributed by atoms with Crippen LogP contribution in [0.2, 0.25) is 5.02 Å². The largest absolute Gasteiger partial charge is 0.497 e. The lowest BCUT2D eigenvalue weighted by atomic mass is 10.1. The van der Waals surface area contributed by atoms with Gasteiger partial charge in [0.1, 0.15) is 17.0 Å². The standard InChI is InChI=1S/C25H19ClN2O4/c1-31-21-13-9-18(10-14-21)24-22(15-28(27-24)20-5-3-2-4-6-20)25(30)32-16-23(29)17-7-11-19(26)12-8-17/h2-15H,16H2,1H3. The Kier molecular flexibility index (Phi) is 6.33. The molecule has 0 amide bonds. The lowest BCUT2D eigenvalue weighted by Crippen LogP contribution is -2.14. The van der Waals surface area contributed by atoms with Crippen LogP contribution in [0.4, 0.5) is 0 Å². The fraction of sp³-hybridized carbons (Fsp3) is 0.0800. The number of hydrogen-bond donors (Lipinski definition) is 0. The molecule has 4 rings (SSSR count). The van der Waals surface area contributed by atoms with Gasteiger partial charge in [0.05, 0.1) is 12.8 Å². The summed E-state index contributed by atoms with van der Waals surface area (Å²) in [5, 5.41) is 5.12. The van der Waals surface area contributed by atoms with Gasteiger partial charge in [-0.3, -0.25) is 4.79 Å². The summed E-state index contributed by atoms with van der Waals surface area (Å²) in [4.78, 5) is 25.3. The second kappa shape index (κ2) is 9.49. The SMILES string of the molecule is COc1ccc(-c2nn(-c3ccccc3)cc2C(=O)OCC(=O)c2ccc(Cl)cc2)cc1. The zero-order valence-corrected chi connectivity index (χ0v) is 18.0. The summed E-state index contributed by atoms with van der Waals surface area (Å²) in [6, 6.07) is 23.0. The van der Waals surface area contributed by atoms with E-state index in [9.17, 15) is 9.59 Å². The van der Waals surface area contributed by atoms with Gasteiger partial charge in [-0.2, -0.15) is 5.10 Å². The van der Waals surface area contributed by atoms with E-state index in [0.29, 0.717) is 22.0 Å². The first-order valence-electron chi connectivity index (χ1n) is 9.80. The van der Waals surface area contributed by atoms with Crippen molar-refractivity contribution in [2.45, 2.75) is 0 Å². The number of carbonyl (C=O) groups is 2. The first kappa shape index (κ1) is 21.3. The lowest BCUT2D eigenvalue weighted by molar-refractivity contribution is 0.0475. The maximum Gasteiger partial charge on any atom is 0.342 e. The summed E-state index contributed by atoms with van der Waals surface area (Å²) in [7, 11) is 1.58. The van der Waals surface area contributed by atoms with E-state index < -0.39 is 5.97 Å². The molecule has 4 aromatic rings. The molecule has 0 fully saturated rings. The number of halogens is 1. The van der Waals surface area contributed by atoms with E-state index in [2.05, 4.69) is 5.10 Å². The van der Waals surface area contributed by atoms with Gasteiger partial charge in [0.25, 0.3) is 0 Å². The summed E-state index contributed by atoms with van der Waals surface area (Å²) in [6.45, 7) is -0.390. The highest BCUT2D eigenvalue weighted by Gasteiger charge is 2.21. The van der Waals surface area contributed by atoms with Gasteiger partial charge < -0.3 is 9.47 Å². The number of benzene rings is 3. The Morgan fingerprint density at radius 1 is 0.938 bits per heavy atom. The second-order valence-corrected chi connectivity index (χ2v) is 7.34. The van der Waals surface area contributed by atoms with Crippen LogP contribution < -0.4 is 4.74 Å². The molecule has 0 atom stereocenters. The van der Waals surface area contributed by atoms with Crippen molar-refractivity contribution in [1.29, 1.82) is 0 Å². The number of para-hydroxylation sites is 1. The van der Waals surface area contributed by atoms with E-state index in [-0.39, 0.29) is 18.0 Å². The predicted octanol–water partition coefficient (Wildman–Crippen LogP) is 5.24. The Morgan fingerprint density at radius 3 is 2.28 bits per heavy atom. The van der Waals surface area contributed by atoms with Crippen LogP contribution in [0.25, 0.3) is 16.9 Å². The van der Waals surface area contributed by atoms with Gasteiger partial charge in [0, 0.05) is 22.3 Å². The summed E-state index contributed by atoms with van der Waals surface area (Å²) in [5.41, 5.74) is 2.62. The van der Waals surface area contributed by atoms with E-state index in [1.54, 1.807) is 54.4 Å². The summed E-state index contributed by atoms with van der Waals surface area (Å²) in [6.07, 6.45) is 1.60. The number of methoxy groups -OCH3 is 1. The van der Waals surface area contributed by atoms with Crippen LogP contribution in [0.5, 0.6) is 5.75 Å². The summed E-state index contributed by atoms with van der Waals surface area (Å²) in [5.74, 6) is -0.272. The Balaban J connectivity index is 1.61. The molecule has 3 aromatic carbocycles. The molecule has 0 unspecified atom stereocenters. The number of carbonyl (C=O) groups excluding carboxylic acids is 2. The molecule has 1 heterocycles. The average Bonchev–Trinajstić information content (AvgIpc) is 3.29. The minimum absolute atomic E-state index is 0.253. The number of rotatable bonds is 7. The monoisotopic (exact) mass is 446 g/mol. The number of aromatic nitrogens is 2. The van der Waals surface area contributed by atoms with Gasteiger partial charge in [-0.15, -0.1) is 0 Å². The molecule has 0 aliphatic carbocycles. The van der Waals surface area contributed by atoms with Gasteiger partial charge in [-0.1, -0.05) is 29.8 Å². The molecule has 0 radical (unpaired) electrons. The van der Waals surface area contributed by atoms with Crippen molar-refractivity contribution in [2.24, 2.45) is 0 Å². The van der Waals surface area contributed by atoms with Crippen LogP contribution in [0.3, 0.4) is 0 Å². The van der Waals surface area contributed by atoms with Crippen LogP contribution in [-0.2, 0) is 4.74 Å². The minimum atomic E-state index is -0.639. The third-order valence-corrected chi connectivity index (χ3v) is 5.07. The van der Waals surface area contributed by atoms with Gasteiger partial charge in [0.15, 0.2) is 12.4 Å². The van der Waals surface area contributed by atoms with Crippen LogP contribution >= 0.6 is 11.6 Å². The molecule has 1 aromatic heterocycles. The number of nitrogens with zero attached hydrogens (tertiary/aromatic N) is 2. The molecule has 0 N–H and O–H groups in total. The summed E-state index contributed by atoms with van der Waals surface area (Å²) >= 11 is 5.86. The molecule has 7 heteroatoms. The molecule has 32 heavy (non-hydrogen) atoms. The molecular formula is C25H19ClN2O4. The smallest absolute Gasteiger partial charge is 0.342 e. The van der Waals surface area contributed by atoms with Crippen molar-refractivity contribution >= 4 is 23.4 Å². The number of ketones is 1. The highest BCUT2D eigenvalue weighted by Crippen LogP contribution is 2.26. The summed E-state index contributed by atoms with van der Waals surface area (Å²) < 4.78 is 12.1. The molecule has 160 valence electrons. The first-order valence-corrected chi connectivity index (χ1v) is 10.2. The second-order valence-electron chi connectivity index (χ2n) is 6.91. The fourth-order valence-electron chi connectivity index (χ4n) is 3.13. The van der Waals surface area contributed by atoms with E-state index >= 15 is 0 Å². The van der Waals surface area contributed by atoms with E-state index in [0.717, 1.165) is 11.3 Å². The molecule has 0 aliphatic heterocycles. The molecule has 0 saturated carbocycles. The molecule has 0 aliphatic rings. The normalized spacial score (nSPS) is 10.6. The third kappa shape index (κ3) is 4.71. The maximum absolute atomic E-state index is 12.9. The molecule has 0 spiro atoms. The Hall–Kier alpha value is -3.90. The van der Waals surface area contributed by atoms with Crippen molar-refractivity contribution in [1.82, 2.24) is 9.78 Å².